The molecule has 0 aliphatic rings. The highest BCUT2D eigenvalue weighted by molar-refractivity contribution is 7.99. The molecule has 0 fully saturated rings. The van der Waals surface area contributed by atoms with Gasteiger partial charge in [0.1, 0.15) is 11.2 Å². The predicted octanol–water partition coefficient (Wildman–Crippen LogP) is 4.05. The average Bonchev–Trinajstić information content (AvgIpc) is 2.64. The molecule has 0 radical (unpaired) electrons. The van der Waals surface area contributed by atoms with Crippen LogP contribution in [0.15, 0.2) is 34.1 Å². The number of fused-ring (bicyclic) bond motifs is 1. The molecule has 2 aromatic rings. The fraction of sp³-hybridized carbons (Fsp3) is 0.500. The fourth-order valence-electron chi connectivity index (χ4n) is 2.98. The monoisotopic (exact) mass is 434 g/mol. The van der Waals surface area contributed by atoms with Crippen molar-refractivity contribution in [1.82, 2.24) is 9.88 Å². The van der Waals surface area contributed by atoms with Gasteiger partial charge in [0.25, 0.3) is 6.47 Å². The van der Waals surface area contributed by atoms with Crippen LogP contribution in [0.1, 0.15) is 47.1 Å². The van der Waals surface area contributed by atoms with Gasteiger partial charge in [0.2, 0.25) is 0 Å². The van der Waals surface area contributed by atoms with E-state index in [0.717, 1.165) is 10.4 Å². The lowest BCUT2D eigenvalue weighted by Gasteiger charge is -2.24. The van der Waals surface area contributed by atoms with E-state index in [1.807, 2.05) is 50.5 Å². The van der Waals surface area contributed by atoms with Crippen LogP contribution in [-0.2, 0) is 26.4 Å². The largest absolute Gasteiger partial charge is 0.457 e. The van der Waals surface area contributed by atoms with Gasteiger partial charge in [-0.1, -0.05) is 0 Å². The van der Waals surface area contributed by atoms with Crippen molar-refractivity contribution in [3.63, 3.8) is 0 Å². The number of nitrogens with zero attached hydrogens (tertiary/aromatic N) is 1. The molecule has 1 heterocycles. The minimum Gasteiger partial charge on any atom is -0.457 e. The lowest BCUT2D eigenvalue weighted by molar-refractivity contribution is -0.141. The quantitative estimate of drug-likeness (QED) is 0.383. The molecule has 0 spiro atoms. The van der Waals surface area contributed by atoms with E-state index in [1.54, 1.807) is 20.0 Å². The predicted molar refractivity (Wildman–Crippen MR) is 119 cm³/mol. The number of hydrogen-bond donors (Lipinski definition) is 1. The number of hydrogen-bond acceptors (Lipinski definition) is 6. The summed E-state index contributed by atoms with van der Waals surface area (Å²) in [5, 5.41) is 3.29. The van der Waals surface area contributed by atoms with Gasteiger partial charge in [-0.15, -0.1) is 11.8 Å². The van der Waals surface area contributed by atoms with Gasteiger partial charge in [-0.2, -0.15) is 0 Å². The first-order valence-corrected chi connectivity index (χ1v) is 10.9. The first-order chi connectivity index (χ1) is 14.0. The third kappa shape index (κ3) is 6.01. The molecule has 0 aliphatic heterocycles. The van der Waals surface area contributed by atoms with Crippen LogP contribution in [0.3, 0.4) is 0 Å². The molecule has 7 nitrogen and oxygen atoms in total. The molecular formula is C22H30N2O5S. The molecule has 8 heteroatoms. The summed E-state index contributed by atoms with van der Waals surface area (Å²) in [6, 6.07) is 5.72. The maximum absolute atomic E-state index is 13.1. The number of nitrogens with one attached hydrogen (secondary N) is 1. The number of aryl methyl sites for hydroxylation is 1. The van der Waals surface area contributed by atoms with Gasteiger partial charge in [-0.3, -0.25) is 9.59 Å². The van der Waals surface area contributed by atoms with Crippen molar-refractivity contribution in [1.29, 1.82) is 0 Å². The second kappa shape index (κ2) is 9.55. The maximum Gasteiger partial charge on any atom is 0.407 e. The smallest absolute Gasteiger partial charge is 0.407 e. The number of carbonyl (C=O) groups excluding carboxylic acids is 2. The second-order valence-corrected chi connectivity index (χ2v) is 9.51. The molecule has 1 aromatic carbocycles. The highest BCUT2D eigenvalue weighted by atomic mass is 32.2. The summed E-state index contributed by atoms with van der Waals surface area (Å²) in [5.41, 5.74) is -0.462. The molecule has 30 heavy (non-hydrogen) atoms. The van der Waals surface area contributed by atoms with E-state index in [9.17, 15) is 14.4 Å². The van der Waals surface area contributed by atoms with Gasteiger partial charge in [0.05, 0.1) is 11.1 Å². The van der Waals surface area contributed by atoms with E-state index < -0.39 is 17.3 Å². The minimum atomic E-state index is -1.02. The van der Waals surface area contributed by atoms with E-state index in [4.69, 9.17) is 9.47 Å². The van der Waals surface area contributed by atoms with Gasteiger partial charge < -0.3 is 19.4 Å². The Balaban J connectivity index is 2.22. The Morgan fingerprint density at radius 2 is 1.93 bits per heavy atom. The molecule has 1 aromatic heterocycles. The van der Waals surface area contributed by atoms with E-state index >= 15 is 0 Å². The lowest BCUT2D eigenvalue weighted by Crippen LogP contribution is -2.33. The highest BCUT2D eigenvalue weighted by Gasteiger charge is 2.27. The number of ether oxygens (including phenoxy) is 2. The molecular weight excluding hydrogens is 404 g/mol. The van der Waals surface area contributed by atoms with E-state index in [1.165, 1.54) is 11.8 Å². The van der Waals surface area contributed by atoms with Crippen LogP contribution in [0.4, 0.5) is 4.79 Å². The number of alkyl carbamates (subject to hydrolysis) is 1. The van der Waals surface area contributed by atoms with Crippen molar-refractivity contribution >= 4 is 35.2 Å². The number of amides is 1. The average molecular weight is 435 g/mol. The molecule has 2 rings (SSSR count). The van der Waals surface area contributed by atoms with Crippen LogP contribution < -0.4 is 10.7 Å². The molecule has 1 amide bonds. The van der Waals surface area contributed by atoms with Gasteiger partial charge >= 0.3 is 6.09 Å². The number of carbonyl (C=O) groups is 2. The molecule has 0 saturated carbocycles. The van der Waals surface area contributed by atoms with Crippen molar-refractivity contribution in [3.05, 3.63) is 40.2 Å². The maximum atomic E-state index is 13.1. The zero-order chi connectivity index (χ0) is 22.5. The van der Waals surface area contributed by atoms with Crippen molar-refractivity contribution in [2.75, 3.05) is 12.3 Å². The van der Waals surface area contributed by atoms with Crippen molar-refractivity contribution < 1.29 is 19.1 Å². The number of aromatic nitrogens is 1. The van der Waals surface area contributed by atoms with Gasteiger partial charge in [-0.05, 0) is 59.7 Å². The standard InChI is InChI=1S/C22H30N2O5S/c1-7-24-13-17(22(5,6)28-14-25)19(26)16-12-15(8-9-18(16)24)30-11-10-23-20(27)29-21(2,3)4/h8-9,12-14H,7,10-11H2,1-6H3,(H,23,27). The van der Waals surface area contributed by atoms with Crippen molar-refractivity contribution in [2.24, 2.45) is 0 Å². The molecule has 0 unspecified atom stereocenters. The first kappa shape index (κ1) is 23.8. The van der Waals surface area contributed by atoms with Gasteiger partial charge in [0, 0.05) is 35.3 Å². The number of benzene rings is 1. The van der Waals surface area contributed by atoms with Gasteiger partial charge in [-0.25, -0.2) is 4.79 Å². The molecule has 0 saturated heterocycles. The van der Waals surface area contributed by atoms with Crippen LogP contribution in [0, 0.1) is 0 Å². The van der Waals surface area contributed by atoms with Crippen molar-refractivity contribution in [3.8, 4) is 0 Å². The molecule has 0 atom stereocenters. The Labute approximate surface area is 181 Å². The van der Waals surface area contributed by atoms with Crippen LogP contribution in [0.25, 0.3) is 10.9 Å². The Kier molecular flexibility index (Phi) is 7.58. The third-order valence-corrected chi connectivity index (χ3v) is 5.42. The SMILES string of the molecule is CCn1cc(C(C)(C)OC=O)c(=O)c2cc(SCCNC(=O)OC(C)(C)C)ccc21. The Bertz CT molecular complexity index is 976. The summed E-state index contributed by atoms with van der Waals surface area (Å²) in [4.78, 5) is 36.6. The zero-order valence-corrected chi connectivity index (χ0v) is 19.2. The summed E-state index contributed by atoms with van der Waals surface area (Å²) in [6.45, 7) is 12.3. The molecule has 1 N–H and O–H groups in total. The zero-order valence-electron chi connectivity index (χ0n) is 18.4. The van der Waals surface area contributed by atoms with Crippen LogP contribution in [0.2, 0.25) is 0 Å². The third-order valence-electron chi connectivity index (χ3n) is 4.42. The Morgan fingerprint density at radius 3 is 2.53 bits per heavy atom. The number of rotatable bonds is 8. The molecule has 0 bridgehead atoms. The first-order valence-electron chi connectivity index (χ1n) is 9.87. The van der Waals surface area contributed by atoms with Gasteiger partial charge in [0.15, 0.2) is 5.43 Å². The van der Waals surface area contributed by atoms with Crippen molar-refractivity contribution in [2.45, 2.75) is 64.2 Å². The molecule has 0 aliphatic carbocycles. The minimum absolute atomic E-state index is 0.157. The Hall–Kier alpha value is -2.48. The van der Waals surface area contributed by atoms with Crippen LogP contribution in [0.5, 0.6) is 0 Å². The van der Waals surface area contributed by atoms with E-state index in [2.05, 4.69) is 5.32 Å². The van der Waals surface area contributed by atoms with E-state index in [0.29, 0.717) is 36.3 Å². The number of pyridine rings is 1. The van der Waals surface area contributed by atoms with Crippen LogP contribution >= 0.6 is 11.8 Å². The summed E-state index contributed by atoms with van der Waals surface area (Å²) in [7, 11) is 0. The summed E-state index contributed by atoms with van der Waals surface area (Å²) in [6.07, 6.45) is 1.31. The normalized spacial score (nSPS) is 11.9. The topological polar surface area (TPSA) is 86.6 Å². The van der Waals surface area contributed by atoms with Crippen LogP contribution in [-0.4, -0.2) is 35.0 Å². The molecule has 164 valence electrons. The Morgan fingerprint density at radius 1 is 1.23 bits per heavy atom. The number of thioether (sulfide) groups is 1. The lowest BCUT2D eigenvalue weighted by atomic mass is 9.97. The second-order valence-electron chi connectivity index (χ2n) is 8.34. The summed E-state index contributed by atoms with van der Waals surface area (Å²) >= 11 is 1.54. The fourth-order valence-corrected chi connectivity index (χ4v) is 3.78. The highest BCUT2D eigenvalue weighted by Crippen LogP contribution is 2.26. The van der Waals surface area contributed by atoms with E-state index in [-0.39, 0.29) is 5.43 Å². The summed E-state index contributed by atoms with van der Waals surface area (Å²) in [5.74, 6) is 0.631. The summed E-state index contributed by atoms with van der Waals surface area (Å²) < 4.78 is 12.3.